The Morgan fingerprint density at radius 2 is 1.77 bits per heavy atom. The maximum Gasteiger partial charge on any atom is 0.244 e. The zero-order valence-corrected chi connectivity index (χ0v) is 16.8. The Labute approximate surface area is 175 Å². The molecule has 1 heterocycles. The van der Waals surface area contributed by atoms with Gasteiger partial charge in [0.15, 0.2) is 0 Å². The van der Waals surface area contributed by atoms with E-state index >= 15 is 0 Å². The van der Waals surface area contributed by atoms with Crippen LogP contribution in [0.3, 0.4) is 0 Å². The lowest BCUT2D eigenvalue weighted by Crippen LogP contribution is -2.38. The normalized spacial score (nSPS) is 16.0. The predicted molar refractivity (Wildman–Crippen MR) is 115 cm³/mol. The largest absolute Gasteiger partial charge is 0.495 e. The van der Waals surface area contributed by atoms with Gasteiger partial charge in [-0.05, 0) is 23.8 Å². The van der Waals surface area contributed by atoms with Crippen molar-refractivity contribution in [3.05, 3.63) is 66.2 Å². The Balaban J connectivity index is 1.43. The van der Waals surface area contributed by atoms with Crippen molar-refractivity contribution >= 4 is 29.5 Å². The Morgan fingerprint density at radius 1 is 1.07 bits per heavy atom. The first-order valence-electron chi connectivity index (χ1n) is 9.80. The van der Waals surface area contributed by atoms with Gasteiger partial charge in [-0.3, -0.25) is 14.4 Å². The number of methoxy groups -OCH3 is 1. The van der Waals surface area contributed by atoms with E-state index in [1.165, 1.54) is 6.08 Å². The number of carbonyl (C=O) groups excluding carboxylic acids is 3. The lowest BCUT2D eigenvalue weighted by atomic mass is 10.1. The third kappa shape index (κ3) is 5.47. The first-order chi connectivity index (χ1) is 14.6. The first-order valence-corrected chi connectivity index (χ1v) is 9.80. The lowest BCUT2D eigenvalue weighted by Gasteiger charge is -2.19. The van der Waals surface area contributed by atoms with Crippen molar-refractivity contribution in [1.82, 2.24) is 10.6 Å². The van der Waals surface area contributed by atoms with Crippen molar-refractivity contribution in [2.24, 2.45) is 5.92 Å². The number of nitrogens with zero attached hydrogens (tertiary/aromatic N) is 1. The van der Waals surface area contributed by atoms with Crippen LogP contribution in [0.4, 0.5) is 5.69 Å². The van der Waals surface area contributed by atoms with Gasteiger partial charge in [0, 0.05) is 32.1 Å². The number of nitrogens with one attached hydrogen (secondary N) is 2. The average molecular weight is 407 g/mol. The van der Waals surface area contributed by atoms with Crippen LogP contribution in [0.25, 0.3) is 6.08 Å². The van der Waals surface area contributed by atoms with Crippen LogP contribution >= 0.6 is 0 Å². The Morgan fingerprint density at radius 3 is 2.53 bits per heavy atom. The molecule has 3 rings (SSSR count). The molecule has 0 aliphatic carbocycles. The summed E-state index contributed by atoms with van der Waals surface area (Å²) in [7, 11) is 1.55. The second kappa shape index (κ2) is 10.2. The highest BCUT2D eigenvalue weighted by molar-refractivity contribution is 6.01. The molecule has 2 aromatic carbocycles. The second-order valence-corrected chi connectivity index (χ2v) is 6.90. The van der Waals surface area contributed by atoms with Crippen LogP contribution in [0, 0.1) is 5.92 Å². The smallest absolute Gasteiger partial charge is 0.244 e. The van der Waals surface area contributed by atoms with E-state index in [-0.39, 0.29) is 24.1 Å². The summed E-state index contributed by atoms with van der Waals surface area (Å²) < 4.78 is 5.31. The number of anilines is 1. The van der Waals surface area contributed by atoms with Crippen LogP contribution < -0.4 is 20.3 Å². The topological polar surface area (TPSA) is 87.7 Å². The molecule has 7 nitrogen and oxygen atoms in total. The monoisotopic (exact) mass is 407 g/mol. The van der Waals surface area contributed by atoms with E-state index < -0.39 is 5.92 Å². The summed E-state index contributed by atoms with van der Waals surface area (Å²) >= 11 is 0. The summed E-state index contributed by atoms with van der Waals surface area (Å²) in [5, 5.41) is 5.51. The highest BCUT2D eigenvalue weighted by atomic mass is 16.5. The lowest BCUT2D eigenvalue weighted by molar-refractivity contribution is -0.126. The van der Waals surface area contributed by atoms with Crippen LogP contribution in [0.15, 0.2) is 60.7 Å². The molecule has 30 heavy (non-hydrogen) atoms. The van der Waals surface area contributed by atoms with Gasteiger partial charge in [-0.15, -0.1) is 0 Å². The van der Waals surface area contributed by atoms with Crippen LogP contribution in [0.2, 0.25) is 0 Å². The number of rotatable bonds is 8. The number of hydrogen-bond acceptors (Lipinski definition) is 4. The molecule has 1 saturated heterocycles. The fourth-order valence-corrected chi connectivity index (χ4v) is 3.28. The standard InChI is InChI=1S/C23H25N3O4/c1-30-20-10-6-5-9-19(20)26-16-18(15-22(26)28)23(29)25-14-13-24-21(27)12-11-17-7-3-2-4-8-17/h2-12,18H,13-16H2,1H3,(H,24,27)(H,25,29)/b12-11+/t18-/m0/s1. The summed E-state index contributed by atoms with van der Waals surface area (Å²) in [5.41, 5.74) is 1.60. The van der Waals surface area contributed by atoms with E-state index in [0.717, 1.165) is 5.56 Å². The van der Waals surface area contributed by atoms with Gasteiger partial charge < -0.3 is 20.3 Å². The van der Waals surface area contributed by atoms with Crippen LogP contribution in [0.5, 0.6) is 5.75 Å². The Kier molecular flexibility index (Phi) is 7.21. The van der Waals surface area contributed by atoms with Gasteiger partial charge in [0.2, 0.25) is 17.7 Å². The molecule has 7 heteroatoms. The van der Waals surface area contributed by atoms with Gasteiger partial charge in [0.1, 0.15) is 5.75 Å². The molecule has 0 saturated carbocycles. The maximum atomic E-state index is 12.4. The van der Waals surface area contributed by atoms with Gasteiger partial charge in [-0.2, -0.15) is 0 Å². The summed E-state index contributed by atoms with van der Waals surface area (Å²) in [4.78, 5) is 38.3. The molecule has 1 aliphatic heterocycles. The summed E-state index contributed by atoms with van der Waals surface area (Å²) in [5.74, 6) is -0.380. The summed E-state index contributed by atoms with van der Waals surface area (Å²) in [6.07, 6.45) is 3.33. The minimum absolute atomic E-state index is 0.112. The molecule has 1 fully saturated rings. The van der Waals surface area contributed by atoms with Crippen LogP contribution in [-0.4, -0.2) is 44.5 Å². The molecule has 2 aromatic rings. The highest BCUT2D eigenvalue weighted by Crippen LogP contribution is 2.32. The zero-order chi connectivity index (χ0) is 21.3. The number of ether oxygens (including phenoxy) is 1. The predicted octanol–water partition coefficient (Wildman–Crippen LogP) is 1.99. The van der Waals surface area contributed by atoms with Gasteiger partial charge in [0.05, 0.1) is 18.7 Å². The third-order valence-corrected chi connectivity index (χ3v) is 4.82. The molecule has 2 N–H and O–H groups in total. The molecule has 0 spiro atoms. The number of amides is 3. The zero-order valence-electron chi connectivity index (χ0n) is 16.8. The molecule has 156 valence electrons. The SMILES string of the molecule is COc1ccccc1N1C[C@@H](C(=O)NCCNC(=O)/C=C/c2ccccc2)CC1=O. The van der Waals surface area contributed by atoms with Gasteiger partial charge in [-0.1, -0.05) is 42.5 Å². The molecular weight excluding hydrogens is 382 g/mol. The van der Waals surface area contributed by atoms with Crippen LogP contribution in [0.1, 0.15) is 12.0 Å². The number of carbonyl (C=O) groups is 3. The van der Waals surface area contributed by atoms with Gasteiger partial charge in [-0.25, -0.2) is 0 Å². The molecule has 0 aromatic heterocycles. The van der Waals surface area contributed by atoms with E-state index in [4.69, 9.17) is 4.74 Å². The number of benzene rings is 2. The quantitative estimate of drug-likeness (QED) is 0.518. The van der Waals surface area contributed by atoms with Crippen molar-refractivity contribution in [1.29, 1.82) is 0 Å². The van der Waals surface area contributed by atoms with Crippen molar-refractivity contribution in [2.45, 2.75) is 6.42 Å². The van der Waals surface area contributed by atoms with Crippen molar-refractivity contribution in [2.75, 3.05) is 31.6 Å². The molecule has 3 amide bonds. The minimum atomic E-state index is -0.434. The van der Waals surface area contributed by atoms with E-state index in [1.54, 1.807) is 30.2 Å². The van der Waals surface area contributed by atoms with E-state index in [0.29, 0.717) is 31.1 Å². The Bertz CT molecular complexity index is 927. The summed E-state index contributed by atoms with van der Waals surface area (Å²) in [6, 6.07) is 16.8. The molecule has 0 unspecified atom stereocenters. The molecule has 0 bridgehead atoms. The van der Waals surface area contributed by atoms with E-state index in [1.807, 2.05) is 42.5 Å². The molecular formula is C23H25N3O4. The minimum Gasteiger partial charge on any atom is -0.495 e. The Hall–Kier alpha value is -3.61. The average Bonchev–Trinajstić information content (AvgIpc) is 3.17. The van der Waals surface area contributed by atoms with Crippen molar-refractivity contribution < 1.29 is 19.1 Å². The maximum absolute atomic E-state index is 12.4. The number of para-hydroxylation sites is 2. The fourth-order valence-electron chi connectivity index (χ4n) is 3.28. The fraction of sp³-hybridized carbons (Fsp3) is 0.261. The van der Waals surface area contributed by atoms with Crippen molar-refractivity contribution in [3.63, 3.8) is 0 Å². The first kappa shape index (κ1) is 21.1. The van der Waals surface area contributed by atoms with E-state index in [2.05, 4.69) is 10.6 Å². The van der Waals surface area contributed by atoms with E-state index in [9.17, 15) is 14.4 Å². The molecule has 0 radical (unpaired) electrons. The van der Waals surface area contributed by atoms with Gasteiger partial charge in [0.25, 0.3) is 0 Å². The van der Waals surface area contributed by atoms with Crippen LogP contribution in [-0.2, 0) is 14.4 Å². The number of hydrogen-bond donors (Lipinski definition) is 2. The van der Waals surface area contributed by atoms with Gasteiger partial charge >= 0.3 is 0 Å². The summed E-state index contributed by atoms with van der Waals surface area (Å²) in [6.45, 7) is 0.904. The highest BCUT2D eigenvalue weighted by Gasteiger charge is 2.36. The second-order valence-electron chi connectivity index (χ2n) is 6.90. The third-order valence-electron chi connectivity index (χ3n) is 4.82. The molecule has 1 atom stereocenters. The molecule has 1 aliphatic rings. The van der Waals surface area contributed by atoms with Crippen molar-refractivity contribution in [3.8, 4) is 5.75 Å².